The second-order valence-corrected chi connectivity index (χ2v) is 5.04. The maximum Gasteiger partial charge on any atom is 0.209 e. The quantitative estimate of drug-likeness (QED) is 0.495. The van der Waals surface area contributed by atoms with E-state index < -0.39 is 0 Å². The van der Waals surface area contributed by atoms with E-state index in [2.05, 4.69) is 15.2 Å². The van der Waals surface area contributed by atoms with Gasteiger partial charge < -0.3 is 10.6 Å². The summed E-state index contributed by atoms with van der Waals surface area (Å²) in [7, 11) is 5.54. The Kier molecular flexibility index (Phi) is 5.50. The molecule has 0 aromatic heterocycles. The molecule has 0 bridgehead atoms. The molecule has 7 heteroatoms. The summed E-state index contributed by atoms with van der Waals surface area (Å²) in [5, 5.41) is 15.7. The number of aliphatic imine (C=N–C) groups is 1. The molecule has 0 unspecified atom stereocenters. The molecule has 0 aliphatic heterocycles. The molecule has 0 heterocycles. The molecule has 1 rings (SSSR count). The average Bonchev–Trinajstić information content (AvgIpc) is 2.35. The van der Waals surface area contributed by atoms with Gasteiger partial charge in [-0.3, -0.25) is 10.4 Å². The molecule has 1 aromatic carbocycles. The Labute approximate surface area is 117 Å². The van der Waals surface area contributed by atoms with Crippen molar-refractivity contribution in [2.45, 2.75) is 6.92 Å². The zero-order chi connectivity index (χ0) is 14.4. The molecule has 0 spiro atoms. The van der Waals surface area contributed by atoms with Crippen LogP contribution in [0, 0.1) is 12.3 Å². The van der Waals surface area contributed by atoms with Gasteiger partial charge in [0.2, 0.25) is 5.17 Å². The lowest BCUT2D eigenvalue weighted by molar-refractivity contribution is 1.11. The Morgan fingerprint density at radius 1 is 1.37 bits per heavy atom. The molecule has 6 nitrogen and oxygen atoms in total. The average molecular weight is 278 g/mol. The van der Waals surface area contributed by atoms with Gasteiger partial charge in [0.1, 0.15) is 0 Å². The highest BCUT2D eigenvalue weighted by Gasteiger charge is 2.02. The van der Waals surface area contributed by atoms with Crippen molar-refractivity contribution in [3.05, 3.63) is 23.8 Å². The van der Waals surface area contributed by atoms with Crippen LogP contribution in [0.4, 0.5) is 11.4 Å². The summed E-state index contributed by atoms with van der Waals surface area (Å²) >= 11 is 0.973. The number of nitrogens with one attached hydrogen (secondary N) is 1. The van der Waals surface area contributed by atoms with Gasteiger partial charge in [0.25, 0.3) is 0 Å². The minimum absolute atomic E-state index is 0.0115. The van der Waals surface area contributed by atoms with Crippen molar-refractivity contribution in [1.29, 1.82) is 5.41 Å². The predicted molar refractivity (Wildman–Crippen MR) is 82.9 cm³/mol. The molecule has 0 saturated carbocycles. The molecule has 3 N–H and O–H groups in total. The Bertz CT molecular complexity index is 521. The van der Waals surface area contributed by atoms with Crippen molar-refractivity contribution < 1.29 is 0 Å². The second-order valence-electron chi connectivity index (χ2n) is 4.03. The molecule has 0 amide bonds. The first kappa shape index (κ1) is 15.2. The van der Waals surface area contributed by atoms with E-state index >= 15 is 0 Å². The minimum atomic E-state index is 0.0115. The first-order valence-corrected chi connectivity index (χ1v) is 6.44. The zero-order valence-corrected chi connectivity index (χ0v) is 12.3. The third kappa shape index (κ3) is 4.70. The summed E-state index contributed by atoms with van der Waals surface area (Å²) in [6.07, 6.45) is 0. The lowest BCUT2D eigenvalue weighted by Crippen LogP contribution is -2.09. The smallest absolute Gasteiger partial charge is 0.209 e. The van der Waals surface area contributed by atoms with E-state index in [0.717, 1.165) is 23.0 Å². The van der Waals surface area contributed by atoms with Gasteiger partial charge in [0.05, 0.1) is 5.69 Å². The molecular formula is C12H18N6S. The van der Waals surface area contributed by atoms with E-state index in [1.807, 2.05) is 44.1 Å². The highest BCUT2D eigenvalue weighted by atomic mass is 32.2. The predicted octanol–water partition coefficient (Wildman–Crippen LogP) is 2.76. The van der Waals surface area contributed by atoms with Gasteiger partial charge in [-0.25, -0.2) is 0 Å². The molecule has 1 aromatic rings. The van der Waals surface area contributed by atoms with Crippen molar-refractivity contribution in [3.8, 4) is 0 Å². The van der Waals surface area contributed by atoms with E-state index in [0.29, 0.717) is 10.9 Å². The van der Waals surface area contributed by atoms with Crippen LogP contribution >= 0.6 is 11.8 Å². The number of nitrogens with zero attached hydrogens (tertiary/aromatic N) is 4. The van der Waals surface area contributed by atoms with E-state index in [4.69, 9.17) is 11.1 Å². The van der Waals surface area contributed by atoms with E-state index in [1.54, 1.807) is 7.05 Å². The van der Waals surface area contributed by atoms with Crippen molar-refractivity contribution in [1.82, 2.24) is 0 Å². The van der Waals surface area contributed by atoms with Crippen molar-refractivity contribution in [3.63, 3.8) is 0 Å². The van der Waals surface area contributed by atoms with Crippen LogP contribution in [0.2, 0.25) is 0 Å². The zero-order valence-electron chi connectivity index (χ0n) is 11.5. The van der Waals surface area contributed by atoms with Crippen LogP contribution in [-0.2, 0) is 0 Å². The molecule has 0 aliphatic rings. The van der Waals surface area contributed by atoms with Gasteiger partial charge in [-0.2, -0.15) is 0 Å². The van der Waals surface area contributed by atoms with Crippen LogP contribution in [-0.4, -0.2) is 31.5 Å². The van der Waals surface area contributed by atoms with Crippen molar-refractivity contribution >= 4 is 33.5 Å². The van der Waals surface area contributed by atoms with Crippen LogP contribution in [0.25, 0.3) is 0 Å². The van der Waals surface area contributed by atoms with Crippen LogP contribution in [0.1, 0.15) is 5.56 Å². The molecule has 0 aliphatic carbocycles. The maximum absolute atomic E-state index is 7.57. The number of benzene rings is 1. The van der Waals surface area contributed by atoms with Gasteiger partial charge >= 0.3 is 0 Å². The molecule has 102 valence electrons. The van der Waals surface area contributed by atoms with Crippen molar-refractivity contribution in [2.75, 3.05) is 26.0 Å². The Balaban J connectivity index is 2.78. The monoisotopic (exact) mass is 278 g/mol. The number of hydrogen-bond acceptors (Lipinski definition) is 5. The lowest BCUT2D eigenvalue weighted by atomic mass is 10.1. The third-order valence-electron chi connectivity index (χ3n) is 2.34. The number of aryl methyl sites for hydroxylation is 1. The number of anilines is 1. The minimum Gasteiger partial charge on any atom is -0.378 e. The second kappa shape index (κ2) is 6.89. The molecule has 0 atom stereocenters. The normalized spacial score (nSPS) is 11.9. The number of hydrogen-bond donors (Lipinski definition) is 2. The van der Waals surface area contributed by atoms with Gasteiger partial charge in [0.15, 0.2) is 5.17 Å². The standard InChI is InChI=1S/C12H18N6S/c1-8-7-9(5-6-10(8)18(3)4)16-17-12(14)19-11(13)15-2/h5-7,14H,1-4H3,(H2,13,15). The highest BCUT2D eigenvalue weighted by Crippen LogP contribution is 2.24. The summed E-state index contributed by atoms with van der Waals surface area (Å²) in [5.74, 6) is 0. The van der Waals surface area contributed by atoms with Gasteiger partial charge in [0, 0.05) is 26.8 Å². The van der Waals surface area contributed by atoms with Crippen molar-refractivity contribution in [2.24, 2.45) is 21.0 Å². The first-order valence-electron chi connectivity index (χ1n) is 5.62. The molecule has 19 heavy (non-hydrogen) atoms. The topological polar surface area (TPSA) is 90.2 Å². The van der Waals surface area contributed by atoms with Gasteiger partial charge in [-0.1, -0.05) is 0 Å². The van der Waals surface area contributed by atoms with Crippen LogP contribution in [0.5, 0.6) is 0 Å². The van der Waals surface area contributed by atoms with E-state index in [-0.39, 0.29) is 5.17 Å². The highest BCUT2D eigenvalue weighted by molar-refractivity contribution is 8.26. The van der Waals surface area contributed by atoms with Gasteiger partial charge in [-0.05, 0) is 42.4 Å². The Morgan fingerprint density at radius 3 is 2.58 bits per heavy atom. The Morgan fingerprint density at radius 2 is 2.05 bits per heavy atom. The fourth-order valence-corrected chi connectivity index (χ4v) is 1.84. The first-order chi connectivity index (χ1) is 8.93. The number of azo groups is 1. The number of nitrogens with two attached hydrogens (primary N) is 1. The summed E-state index contributed by atoms with van der Waals surface area (Å²) in [6, 6.07) is 5.76. The maximum atomic E-state index is 7.57. The Hall–Kier alpha value is -1.89. The summed E-state index contributed by atoms with van der Waals surface area (Å²) in [6.45, 7) is 2.01. The fraction of sp³-hybridized carbons (Fsp3) is 0.333. The molecule has 0 fully saturated rings. The fourth-order valence-electron chi connectivity index (χ4n) is 1.47. The third-order valence-corrected chi connectivity index (χ3v) is 3.01. The van der Waals surface area contributed by atoms with E-state index in [9.17, 15) is 0 Å². The summed E-state index contributed by atoms with van der Waals surface area (Å²) in [4.78, 5) is 5.77. The SMILES string of the molecule is CN=C(N)SC(=N)N=Nc1ccc(N(C)C)c(C)c1. The van der Waals surface area contributed by atoms with Crippen LogP contribution in [0.3, 0.4) is 0 Å². The number of rotatable bonds is 2. The largest absolute Gasteiger partial charge is 0.378 e. The molecule has 0 saturated heterocycles. The molecular weight excluding hydrogens is 260 g/mol. The summed E-state index contributed by atoms with van der Waals surface area (Å²) < 4.78 is 0. The number of thioether (sulfide) groups is 1. The van der Waals surface area contributed by atoms with Crippen LogP contribution < -0.4 is 10.6 Å². The lowest BCUT2D eigenvalue weighted by Gasteiger charge is -2.15. The number of amidine groups is 2. The van der Waals surface area contributed by atoms with Crippen LogP contribution in [0.15, 0.2) is 33.4 Å². The van der Waals surface area contributed by atoms with E-state index in [1.165, 1.54) is 0 Å². The van der Waals surface area contributed by atoms with Gasteiger partial charge in [-0.15, -0.1) is 10.2 Å². The molecule has 0 radical (unpaired) electrons. The summed E-state index contributed by atoms with van der Waals surface area (Å²) in [5.41, 5.74) is 8.43.